The highest BCUT2D eigenvalue weighted by atomic mass is 16.6. The second-order valence-electron chi connectivity index (χ2n) is 9.39. The van der Waals surface area contributed by atoms with E-state index in [1.54, 1.807) is 36.0 Å². The number of likely N-dealkylation sites (tertiary alicyclic amines) is 1. The Kier molecular flexibility index (Phi) is 7.50. The number of likely N-dealkylation sites (N-methyl/N-ethyl adjacent to an activating group) is 2. The van der Waals surface area contributed by atoms with Crippen LogP contribution in [0.5, 0.6) is 0 Å². The van der Waals surface area contributed by atoms with Crippen LogP contribution in [0, 0.1) is 5.41 Å². The molecule has 1 aromatic rings. The molecule has 1 saturated heterocycles. The fourth-order valence-electron chi connectivity index (χ4n) is 3.64. The molecular weight excluding hydrogens is 382 g/mol. The van der Waals surface area contributed by atoms with Crippen molar-refractivity contribution in [3.8, 4) is 0 Å². The molecule has 1 heterocycles. The molecule has 1 aliphatic heterocycles. The first-order valence-electron chi connectivity index (χ1n) is 10.5. The van der Waals surface area contributed by atoms with Crippen LogP contribution in [0.4, 0.5) is 4.79 Å². The zero-order valence-corrected chi connectivity index (χ0v) is 19.1. The number of hydrogen-bond donors (Lipinski definition) is 0. The molecule has 3 amide bonds. The van der Waals surface area contributed by atoms with Gasteiger partial charge in [0, 0.05) is 45.8 Å². The fourth-order valence-corrected chi connectivity index (χ4v) is 3.64. The minimum absolute atomic E-state index is 0.00866. The van der Waals surface area contributed by atoms with Crippen LogP contribution in [0.1, 0.15) is 50.9 Å². The highest BCUT2D eigenvalue weighted by molar-refractivity contribution is 5.95. The minimum Gasteiger partial charge on any atom is -0.444 e. The smallest absolute Gasteiger partial charge is 0.410 e. The van der Waals surface area contributed by atoms with E-state index in [1.807, 2.05) is 45.9 Å². The molecule has 7 nitrogen and oxygen atoms in total. The van der Waals surface area contributed by atoms with Gasteiger partial charge in [0.15, 0.2) is 0 Å². The van der Waals surface area contributed by atoms with Gasteiger partial charge in [-0.3, -0.25) is 9.59 Å². The van der Waals surface area contributed by atoms with Gasteiger partial charge in [0.2, 0.25) is 5.91 Å². The van der Waals surface area contributed by atoms with Crippen molar-refractivity contribution in [3.63, 3.8) is 0 Å². The third-order valence-electron chi connectivity index (χ3n) is 5.34. The van der Waals surface area contributed by atoms with Gasteiger partial charge < -0.3 is 19.4 Å². The van der Waals surface area contributed by atoms with E-state index in [1.165, 1.54) is 4.90 Å². The van der Waals surface area contributed by atoms with Crippen LogP contribution in [0.3, 0.4) is 0 Å². The number of carbonyl (C=O) groups excluding carboxylic acids is 3. The molecule has 0 spiro atoms. The van der Waals surface area contributed by atoms with Gasteiger partial charge in [0.1, 0.15) is 5.60 Å². The lowest BCUT2D eigenvalue weighted by molar-refractivity contribution is -0.142. The van der Waals surface area contributed by atoms with E-state index in [4.69, 9.17) is 4.74 Å². The number of hydrogen-bond acceptors (Lipinski definition) is 4. The van der Waals surface area contributed by atoms with Crippen molar-refractivity contribution >= 4 is 17.9 Å². The standard InChI is InChI=1S/C23H35N3O4/c1-22(2,3)30-21(29)25(6)16-15-24(5)20(28)23(4)13-10-14-26(17-23)19(27)18-11-8-7-9-12-18/h7-9,11-12H,10,13-17H2,1-6H3. The van der Waals surface area contributed by atoms with Crippen LogP contribution < -0.4 is 0 Å². The summed E-state index contributed by atoms with van der Waals surface area (Å²) in [6, 6.07) is 9.17. The molecule has 1 fully saturated rings. The molecule has 1 aliphatic rings. The van der Waals surface area contributed by atoms with Crippen molar-refractivity contribution in [1.29, 1.82) is 0 Å². The third-order valence-corrected chi connectivity index (χ3v) is 5.34. The third kappa shape index (κ3) is 6.21. The Balaban J connectivity index is 1.95. The van der Waals surface area contributed by atoms with E-state index < -0.39 is 17.1 Å². The molecule has 166 valence electrons. The SMILES string of the molecule is CN(CCN(C)C(=O)C1(C)CCCN(C(=O)c2ccccc2)C1)C(=O)OC(C)(C)C. The predicted molar refractivity (Wildman–Crippen MR) is 116 cm³/mol. The number of rotatable bonds is 5. The molecule has 1 unspecified atom stereocenters. The van der Waals surface area contributed by atoms with Crippen molar-refractivity contribution in [1.82, 2.24) is 14.7 Å². The van der Waals surface area contributed by atoms with Crippen molar-refractivity contribution in [2.45, 2.75) is 46.1 Å². The Morgan fingerprint density at radius 1 is 1.07 bits per heavy atom. The summed E-state index contributed by atoms with van der Waals surface area (Å²) in [6.45, 7) is 9.21. The first-order chi connectivity index (χ1) is 13.9. The van der Waals surface area contributed by atoms with Gasteiger partial charge in [-0.15, -0.1) is 0 Å². The first kappa shape index (κ1) is 23.7. The van der Waals surface area contributed by atoms with Gasteiger partial charge >= 0.3 is 6.09 Å². The number of amides is 3. The van der Waals surface area contributed by atoms with Gasteiger partial charge in [0.25, 0.3) is 5.91 Å². The highest BCUT2D eigenvalue weighted by Gasteiger charge is 2.41. The van der Waals surface area contributed by atoms with Crippen LogP contribution in [0.15, 0.2) is 30.3 Å². The first-order valence-corrected chi connectivity index (χ1v) is 10.5. The molecule has 1 aromatic carbocycles. The van der Waals surface area contributed by atoms with Gasteiger partial charge in [-0.2, -0.15) is 0 Å². The second kappa shape index (κ2) is 9.49. The lowest BCUT2D eigenvalue weighted by Crippen LogP contribution is -2.53. The maximum atomic E-state index is 13.2. The Morgan fingerprint density at radius 2 is 1.67 bits per heavy atom. The Hall–Kier alpha value is -2.57. The summed E-state index contributed by atoms with van der Waals surface area (Å²) in [5.41, 5.74) is -0.555. The molecule has 0 aromatic heterocycles. The van der Waals surface area contributed by atoms with Crippen molar-refractivity contribution < 1.29 is 19.1 Å². The van der Waals surface area contributed by atoms with Crippen LogP contribution in [-0.4, -0.2) is 78.5 Å². The van der Waals surface area contributed by atoms with E-state index >= 15 is 0 Å². The fraction of sp³-hybridized carbons (Fsp3) is 0.609. The summed E-state index contributed by atoms with van der Waals surface area (Å²) in [5, 5.41) is 0. The zero-order chi connectivity index (χ0) is 22.5. The summed E-state index contributed by atoms with van der Waals surface area (Å²) >= 11 is 0. The Morgan fingerprint density at radius 3 is 2.27 bits per heavy atom. The maximum Gasteiger partial charge on any atom is 0.410 e. The summed E-state index contributed by atoms with van der Waals surface area (Å²) < 4.78 is 5.35. The zero-order valence-electron chi connectivity index (χ0n) is 19.1. The summed E-state index contributed by atoms with van der Waals surface area (Å²) in [7, 11) is 3.41. The molecule has 0 N–H and O–H groups in total. The second-order valence-corrected chi connectivity index (χ2v) is 9.39. The molecule has 7 heteroatoms. The van der Waals surface area contributed by atoms with E-state index in [2.05, 4.69) is 0 Å². The topological polar surface area (TPSA) is 70.2 Å². The molecule has 2 rings (SSSR count). The Labute approximate surface area is 180 Å². The number of piperidine rings is 1. The average Bonchev–Trinajstić information content (AvgIpc) is 2.70. The molecular formula is C23H35N3O4. The normalized spacial score (nSPS) is 19.2. The van der Waals surface area contributed by atoms with E-state index in [-0.39, 0.29) is 11.8 Å². The minimum atomic E-state index is -0.637. The van der Waals surface area contributed by atoms with Crippen LogP contribution in [0.2, 0.25) is 0 Å². The molecule has 0 bridgehead atoms. The van der Waals surface area contributed by atoms with Gasteiger partial charge in [-0.1, -0.05) is 18.2 Å². The quantitative estimate of drug-likeness (QED) is 0.737. The summed E-state index contributed by atoms with van der Waals surface area (Å²) in [5.74, 6) is -0.0488. The Bertz CT molecular complexity index is 759. The average molecular weight is 418 g/mol. The van der Waals surface area contributed by atoms with Crippen molar-refractivity contribution in [3.05, 3.63) is 35.9 Å². The molecule has 0 radical (unpaired) electrons. The maximum absolute atomic E-state index is 13.2. The molecule has 0 saturated carbocycles. The van der Waals surface area contributed by atoms with Crippen LogP contribution in [0.25, 0.3) is 0 Å². The monoisotopic (exact) mass is 417 g/mol. The molecule has 30 heavy (non-hydrogen) atoms. The summed E-state index contributed by atoms with van der Waals surface area (Å²) in [4.78, 5) is 43.0. The lowest BCUT2D eigenvalue weighted by atomic mass is 9.80. The number of carbonyl (C=O) groups is 3. The van der Waals surface area contributed by atoms with E-state index in [0.29, 0.717) is 31.7 Å². The van der Waals surface area contributed by atoms with E-state index in [0.717, 1.165) is 12.8 Å². The molecule has 1 atom stereocenters. The van der Waals surface area contributed by atoms with Gasteiger partial charge in [0.05, 0.1) is 5.41 Å². The van der Waals surface area contributed by atoms with Crippen LogP contribution >= 0.6 is 0 Å². The lowest BCUT2D eigenvalue weighted by Gasteiger charge is -2.41. The van der Waals surface area contributed by atoms with Gasteiger partial charge in [-0.25, -0.2) is 4.79 Å². The largest absolute Gasteiger partial charge is 0.444 e. The van der Waals surface area contributed by atoms with Gasteiger partial charge in [-0.05, 0) is 52.7 Å². The number of benzene rings is 1. The number of ether oxygens (including phenoxy) is 1. The van der Waals surface area contributed by atoms with Crippen LogP contribution in [-0.2, 0) is 9.53 Å². The molecule has 0 aliphatic carbocycles. The highest BCUT2D eigenvalue weighted by Crippen LogP contribution is 2.32. The number of nitrogens with zero attached hydrogens (tertiary/aromatic N) is 3. The van der Waals surface area contributed by atoms with E-state index in [9.17, 15) is 14.4 Å². The van der Waals surface area contributed by atoms with Crippen molar-refractivity contribution in [2.24, 2.45) is 5.41 Å². The predicted octanol–water partition coefficient (Wildman–Crippen LogP) is 3.25. The summed E-state index contributed by atoms with van der Waals surface area (Å²) in [6.07, 6.45) is 1.11. The van der Waals surface area contributed by atoms with Crippen molar-refractivity contribution in [2.75, 3.05) is 40.3 Å².